The van der Waals surface area contributed by atoms with Crippen LogP contribution in [0.2, 0.25) is 0 Å². The van der Waals surface area contributed by atoms with E-state index in [1.54, 1.807) is 11.0 Å². The number of nitrogens with zero attached hydrogens (tertiary/aromatic N) is 2. The minimum atomic E-state index is -0.942. The maximum absolute atomic E-state index is 12.1. The van der Waals surface area contributed by atoms with Gasteiger partial charge in [-0.05, 0) is 5.56 Å². The topological polar surface area (TPSA) is 70.1 Å². The minimum Gasteiger partial charge on any atom is -0.480 e. The van der Waals surface area contributed by atoms with Crippen LogP contribution < -0.4 is 0 Å². The van der Waals surface area contributed by atoms with Gasteiger partial charge in [0.05, 0.1) is 6.54 Å². The van der Waals surface area contributed by atoms with Crippen LogP contribution in [0.4, 0.5) is 4.79 Å². The van der Waals surface area contributed by atoms with Gasteiger partial charge < -0.3 is 14.7 Å². The Morgan fingerprint density at radius 1 is 1.30 bits per heavy atom. The summed E-state index contributed by atoms with van der Waals surface area (Å²) in [5.41, 5.74) is 0.899. The highest BCUT2D eigenvalue weighted by Crippen LogP contribution is 2.12. The van der Waals surface area contributed by atoms with Crippen LogP contribution in [-0.4, -0.2) is 59.2 Å². The molecule has 23 heavy (non-hydrogen) atoms. The molecule has 1 aliphatic rings. The number of carboxylic acids is 1. The normalized spacial score (nSPS) is 17.9. The lowest BCUT2D eigenvalue weighted by Gasteiger charge is -2.38. The molecule has 1 N–H and O–H groups in total. The van der Waals surface area contributed by atoms with E-state index in [9.17, 15) is 14.7 Å². The summed E-state index contributed by atoms with van der Waals surface area (Å²) < 4.78 is 5.25. The van der Waals surface area contributed by atoms with Crippen molar-refractivity contribution in [2.75, 3.05) is 26.2 Å². The SMILES string of the molecule is C=CCN1CCN(C(=O)OCc2ccccc2)CC1C(=O)O.Cl. The molecule has 0 aromatic heterocycles. The average Bonchev–Trinajstić information content (AvgIpc) is 2.54. The fourth-order valence-corrected chi connectivity index (χ4v) is 2.42. The number of amides is 1. The molecule has 6 nitrogen and oxygen atoms in total. The number of ether oxygens (including phenoxy) is 1. The number of hydrogen-bond acceptors (Lipinski definition) is 4. The number of rotatable bonds is 5. The van der Waals surface area contributed by atoms with E-state index in [1.807, 2.05) is 30.3 Å². The number of piperazine rings is 1. The van der Waals surface area contributed by atoms with Gasteiger partial charge in [-0.1, -0.05) is 36.4 Å². The van der Waals surface area contributed by atoms with Gasteiger partial charge in [0.25, 0.3) is 0 Å². The highest BCUT2D eigenvalue weighted by atomic mass is 35.5. The third kappa shape index (κ3) is 5.26. The maximum Gasteiger partial charge on any atom is 0.410 e. The summed E-state index contributed by atoms with van der Waals surface area (Å²) in [4.78, 5) is 26.6. The lowest BCUT2D eigenvalue weighted by molar-refractivity contribution is -0.145. The molecule has 1 aromatic carbocycles. The first-order valence-corrected chi connectivity index (χ1v) is 7.15. The average molecular weight is 341 g/mol. The first kappa shape index (κ1) is 19.0. The molecule has 0 radical (unpaired) electrons. The Hall–Kier alpha value is -2.05. The molecule has 126 valence electrons. The maximum atomic E-state index is 12.1. The van der Waals surface area contributed by atoms with E-state index >= 15 is 0 Å². The van der Waals surface area contributed by atoms with Crippen LogP contribution in [0.15, 0.2) is 43.0 Å². The van der Waals surface area contributed by atoms with Crippen LogP contribution in [0.1, 0.15) is 5.56 Å². The zero-order valence-corrected chi connectivity index (χ0v) is 13.6. The van der Waals surface area contributed by atoms with Gasteiger partial charge in [-0.3, -0.25) is 9.69 Å². The van der Waals surface area contributed by atoms with E-state index in [-0.39, 0.29) is 25.6 Å². The Morgan fingerprint density at radius 2 is 2.00 bits per heavy atom. The highest BCUT2D eigenvalue weighted by Gasteiger charge is 2.34. The Kier molecular flexibility index (Phi) is 7.57. The molecule has 0 bridgehead atoms. The van der Waals surface area contributed by atoms with Gasteiger partial charge >= 0.3 is 12.1 Å². The second-order valence-electron chi connectivity index (χ2n) is 5.12. The van der Waals surface area contributed by atoms with Gasteiger partial charge in [-0.2, -0.15) is 0 Å². The second kappa shape index (κ2) is 9.17. The smallest absolute Gasteiger partial charge is 0.410 e. The summed E-state index contributed by atoms with van der Waals surface area (Å²) in [6, 6.07) is 8.65. The van der Waals surface area contributed by atoms with Crippen LogP contribution in [0, 0.1) is 0 Å². The van der Waals surface area contributed by atoms with Crippen molar-refractivity contribution in [3.63, 3.8) is 0 Å². The van der Waals surface area contributed by atoms with Crippen LogP contribution in [0.3, 0.4) is 0 Å². The number of aliphatic carboxylic acids is 1. The molecule has 1 aromatic rings. The third-order valence-electron chi connectivity index (χ3n) is 3.60. The van der Waals surface area contributed by atoms with Crippen LogP contribution in [0.5, 0.6) is 0 Å². The van der Waals surface area contributed by atoms with Crippen molar-refractivity contribution in [3.8, 4) is 0 Å². The van der Waals surface area contributed by atoms with Gasteiger partial charge in [0.15, 0.2) is 0 Å². The fourth-order valence-electron chi connectivity index (χ4n) is 2.42. The summed E-state index contributed by atoms with van der Waals surface area (Å²) in [5, 5.41) is 9.29. The fraction of sp³-hybridized carbons (Fsp3) is 0.375. The molecule has 1 amide bonds. The minimum absolute atomic E-state index is 0. The standard InChI is InChI=1S/C16H20N2O4.ClH/c1-2-8-17-9-10-18(11-14(17)15(19)20)16(21)22-12-13-6-4-3-5-7-13;/h2-7,14H,1,8-12H2,(H,19,20);1H. The molecule has 1 fully saturated rings. The first-order chi connectivity index (χ1) is 10.6. The van der Waals surface area contributed by atoms with Gasteiger partial charge in [0, 0.05) is 19.6 Å². The van der Waals surface area contributed by atoms with Gasteiger partial charge in [-0.15, -0.1) is 19.0 Å². The predicted octanol–water partition coefficient (Wildman–Crippen LogP) is 2.00. The number of hydrogen-bond donors (Lipinski definition) is 1. The van der Waals surface area contributed by atoms with Crippen molar-refractivity contribution in [1.82, 2.24) is 9.80 Å². The zero-order chi connectivity index (χ0) is 15.9. The lowest BCUT2D eigenvalue weighted by atomic mass is 10.1. The van der Waals surface area contributed by atoms with Crippen molar-refractivity contribution in [2.24, 2.45) is 0 Å². The Morgan fingerprint density at radius 3 is 2.61 bits per heavy atom. The van der Waals surface area contributed by atoms with E-state index in [1.165, 1.54) is 4.90 Å². The van der Waals surface area contributed by atoms with Crippen LogP contribution in [0.25, 0.3) is 0 Å². The van der Waals surface area contributed by atoms with Gasteiger partial charge in [0.2, 0.25) is 0 Å². The predicted molar refractivity (Wildman–Crippen MR) is 88.6 cm³/mol. The molecular formula is C16H21ClN2O4. The molecule has 0 aliphatic carbocycles. The van der Waals surface area contributed by atoms with Crippen LogP contribution in [-0.2, 0) is 16.1 Å². The van der Waals surface area contributed by atoms with E-state index in [4.69, 9.17) is 4.74 Å². The second-order valence-corrected chi connectivity index (χ2v) is 5.12. The molecule has 0 saturated carbocycles. The number of halogens is 1. The van der Waals surface area contributed by atoms with Crippen molar-refractivity contribution in [2.45, 2.75) is 12.6 Å². The quantitative estimate of drug-likeness (QED) is 0.830. The molecule has 1 unspecified atom stereocenters. The summed E-state index contributed by atoms with van der Waals surface area (Å²) in [5.74, 6) is -0.942. The van der Waals surface area contributed by atoms with Gasteiger partial charge in [0.1, 0.15) is 12.6 Å². The summed E-state index contributed by atoms with van der Waals surface area (Å²) >= 11 is 0. The largest absolute Gasteiger partial charge is 0.480 e. The number of carbonyl (C=O) groups is 2. The molecule has 0 spiro atoms. The molecule has 1 atom stereocenters. The number of carboxylic acid groups (broad SMARTS) is 1. The Bertz CT molecular complexity index is 538. The Balaban J connectivity index is 0.00000264. The number of benzene rings is 1. The first-order valence-electron chi connectivity index (χ1n) is 7.15. The van der Waals surface area contributed by atoms with E-state index in [2.05, 4.69) is 6.58 Å². The van der Waals surface area contributed by atoms with E-state index < -0.39 is 18.1 Å². The zero-order valence-electron chi connectivity index (χ0n) is 12.8. The molecule has 1 saturated heterocycles. The van der Waals surface area contributed by atoms with Crippen molar-refractivity contribution in [3.05, 3.63) is 48.6 Å². The molecule has 2 rings (SSSR count). The molecule has 7 heteroatoms. The molecule has 1 heterocycles. The van der Waals surface area contributed by atoms with E-state index in [0.717, 1.165) is 5.56 Å². The summed E-state index contributed by atoms with van der Waals surface area (Å²) in [6.07, 6.45) is 1.19. The summed E-state index contributed by atoms with van der Waals surface area (Å²) in [6.45, 7) is 5.36. The Labute approximate surface area is 141 Å². The van der Waals surface area contributed by atoms with Gasteiger partial charge in [-0.25, -0.2) is 4.79 Å². The van der Waals surface area contributed by atoms with E-state index in [0.29, 0.717) is 19.6 Å². The van der Waals surface area contributed by atoms with Crippen LogP contribution >= 0.6 is 12.4 Å². The molecular weight excluding hydrogens is 320 g/mol. The lowest BCUT2D eigenvalue weighted by Crippen LogP contribution is -2.57. The highest BCUT2D eigenvalue weighted by molar-refractivity contribution is 5.85. The number of carbonyl (C=O) groups excluding carboxylic acids is 1. The molecule has 1 aliphatic heterocycles. The summed E-state index contributed by atoms with van der Waals surface area (Å²) in [7, 11) is 0. The third-order valence-corrected chi connectivity index (χ3v) is 3.60. The van der Waals surface area contributed by atoms with Crippen molar-refractivity contribution < 1.29 is 19.4 Å². The van der Waals surface area contributed by atoms with Crippen molar-refractivity contribution >= 4 is 24.5 Å². The monoisotopic (exact) mass is 340 g/mol. The van der Waals surface area contributed by atoms with Crippen molar-refractivity contribution in [1.29, 1.82) is 0 Å².